The van der Waals surface area contributed by atoms with Gasteiger partial charge in [0.1, 0.15) is 12.6 Å². The zero-order chi connectivity index (χ0) is 24.0. The smallest absolute Gasteiger partial charge is 0.407 e. The molecule has 3 N–H and O–H groups in total. The van der Waals surface area contributed by atoms with Crippen LogP contribution in [0.3, 0.4) is 0 Å². The van der Waals surface area contributed by atoms with Gasteiger partial charge in [-0.15, -0.1) is 0 Å². The van der Waals surface area contributed by atoms with E-state index < -0.39 is 30.1 Å². The van der Waals surface area contributed by atoms with Gasteiger partial charge in [-0.3, -0.25) is 9.59 Å². The lowest BCUT2D eigenvalue weighted by molar-refractivity contribution is -0.138. The van der Waals surface area contributed by atoms with E-state index in [9.17, 15) is 19.5 Å². The Morgan fingerprint density at radius 1 is 1.06 bits per heavy atom. The highest BCUT2D eigenvalue weighted by Crippen LogP contribution is 2.44. The lowest BCUT2D eigenvalue weighted by Gasteiger charge is -2.27. The molecule has 2 unspecified atom stereocenters. The second kappa shape index (κ2) is 11.0. The van der Waals surface area contributed by atoms with Crippen molar-refractivity contribution < 1.29 is 29.3 Å². The van der Waals surface area contributed by atoms with Crippen molar-refractivity contribution in [3.63, 3.8) is 0 Å². The maximum absolute atomic E-state index is 12.9. The number of amides is 2. The molecule has 0 aromatic heterocycles. The number of carbonyl (C=O) groups is 3. The zero-order valence-corrected chi connectivity index (χ0v) is 18.9. The Hall–Kier alpha value is -3.39. The van der Waals surface area contributed by atoms with Crippen LogP contribution in [0.1, 0.15) is 43.7 Å². The molecule has 1 aliphatic carbocycles. The molecule has 0 fully saturated rings. The molecular formula is C25H30N2O6. The molecule has 0 saturated heterocycles. The van der Waals surface area contributed by atoms with Crippen LogP contribution in [0.5, 0.6) is 0 Å². The van der Waals surface area contributed by atoms with Crippen LogP contribution < -0.4 is 5.32 Å². The first kappa shape index (κ1) is 24.3. The number of alkyl carbamates (subject to hydrolysis) is 1. The van der Waals surface area contributed by atoms with Crippen molar-refractivity contribution in [1.82, 2.24) is 10.2 Å². The number of carboxylic acids is 1. The van der Waals surface area contributed by atoms with Gasteiger partial charge in [-0.1, -0.05) is 48.5 Å². The summed E-state index contributed by atoms with van der Waals surface area (Å²) in [6, 6.07) is 14.9. The summed E-state index contributed by atoms with van der Waals surface area (Å²) in [5.41, 5.74) is 4.35. The van der Waals surface area contributed by atoms with E-state index in [1.807, 2.05) is 48.5 Å². The van der Waals surface area contributed by atoms with Crippen molar-refractivity contribution in [3.05, 3.63) is 59.7 Å². The quantitative estimate of drug-likeness (QED) is 0.508. The fourth-order valence-electron chi connectivity index (χ4n) is 4.22. The third-order valence-electron chi connectivity index (χ3n) is 5.76. The summed E-state index contributed by atoms with van der Waals surface area (Å²) in [7, 11) is 0. The van der Waals surface area contributed by atoms with Crippen LogP contribution in [0.4, 0.5) is 4.79 Å². The molecule has 8 nitrogen and oxygen atoms in total. The van der Waals surface area contributed by atoms with Crippen LogP contribution in [-0.2, 0) is 14.3 Å². The van der Waals surface area contributed by atoms with Gasteiger partial charge in [0.25, 0.3) is 0 Å². The second-order valence-electron chi connectivity index (χ2n) is 8.18. The van der Waals surface area contributed by atoms with Crippen LogP contribution in [0.15, 0.2) is 48.5 Å². The highest BCUT2D eigenvalue weighted by atomic mass is 16.5. The van der Waals surface area contributed by atoms with Gasteiger partial charge in [0.2, 0.25) is 5.91 Å². The molecule has 0 aliphatic heterocycles. The van der Waals surface area contributed by atoms with E-state index in [-0.39, 0.29) is 31.9 Å². The summed E-state index contributed by atoms with van der Waals surface area (Å²) >= 11 is 0. The van der Waals surface area contributed by atoms with Crippen molar-refractivity contribution in [2.24, 2.45) is 0 Å². The molecule has 0 radical (unpaired) electrons. The molecule has 2 atom stereocenters. The largest absolute Gasteiger partial charge is 0.481 e. The van der Waals surface area contributed by atoms with E-state index in [1.165, 1.54) is 4.90 Å². The molecule has 2 amide bonds. The third kappa shape index (κ3) is 5.90. The minimum Gasteiger partial charge on any atom is -0.481 e. The minimum absolute atomic E-state index is 0.0747. The summed E-state index contributed by atoms with van der Waals surface area (Å²) in [5.74, 6) is -1.65. The van der Waals surface area contributed by atoms with Crippen molar-refractivity contribution in [3.8, 4) is 11.1 Å². The first-order valence-electron chi connectivity index (χ1n) is 11.1. The summed E-state index contributed by atoms with van der Waals surface area (Å²) in [6.45, 7) is 3.80. The molecule has 2 aromatic rings. The fraction of sp³-hybridized carbons (Fsp3) is 0.400. The van der Waals surface area contributed by atoms with Gasteiger partial charge in [0.05, 0.1) is 6.10 Å². The van der Waals surface area contributed by atoms with E-state index in [2.05, 4.69) is 5.32 Å². The molecule has 8 heteroatoms. The number of carbonyl (C=O) groups excluding carboxylic acids is 2. The highest BCUT2D eigenvalue weighted by Gasteiger charge is 2.31. The molecule has 0 saturated carbocycles. The Balaban J connectivity index is 1.69. The summed E-state index contributed by atoms with van der Waals surface area (Å²) in [6.07, 6.45) is -1.89. The number of nitrogens with one attached hydrogen (secondary N) is 1. The fourth-order valence-corrected chi connectivity index (χ4v) is 4.22. The maximum Gasteiger partial charge on any atom is 0.407 e. The van der Waals surface area contributed by atoms with Crippen molar-refractivity contribution in [2.75, 3.05) is 19.7 Å². The van der Waals surface area contributed by atoms with Gasteiger partial charge in [-0.2, -0.15) is 0 Å². The maximum atomic E-state index is 12.9. The normalized spacial score (nSPS) is 14.0. The van der Waals surface area contributed by atoms with Crippen LogP contribution in [-0.4, -0.2) is 64.9 Å². The number of likely N-dealkylation sites (N-methyl/N-ethyl adjacent to an activating group) is 1. The molecule has 176 valence electrons. The average molecular weight is 455 g/mol. The summed E-state index contributed by atoms with van der Waals surface area (Å²) in [4.78, 5) is 38.0. The van der Waals surface area contributed by atoms with Gasteiger partial charge < -0.3 is 25.2 Å². The zero-order valence-electron chi connectivity index (χ0n) is 18.9. The minimum atomic E-state index is -1.07. The molecule has 3 rings (SSSR count). The molecule has 33 heavy (non-hydrogen) atoms. The molecule has 0 heterocycles. The Kier molecular flexibility index (Phi) is 8.06. The Labute approximate surface area is 193 Å². The number of ether oxygens (including phenoxy) is 1. The monoisotopic (exact) mass is 454 g/mol. The average Bonchev–Trinajstić information content (AvgIpc) is 3.12. The Morgan fingerprint density at radius 2 is 1.64 bits per heavy atom. The van der Waals surface area contributed by atoms with E-state index >= 15 is 0 Å². The number of aliphatic hydroxyl groups excluding tert-OH is 1. The molecule has 0 spiro atoms. The molecule has 0 bridgehead atoms. The van der Waals surface area contributed by atoms with Gasteiger partial charge in [-0.25, -0.2) is 4.79 Å². The van der Waals surface area contributed by atoms with E-state index in [1.54, 1.807) is 13.8 Å². The van der Waals surface area contributed by atoms with Crippen LogP contribution in [0, 0.1) is 0 Å². The molecule has 1 aliphatic rings. The van der Waals surface area contributed by atoms with Gasteiger partial charge in [0, 0.05) is 25.4 Å². The van der Waals surface area contributed by atoms with Crippen LogP contribution >= 0.6 is 0 Å². The lowest BCUT2D eigenvalue weighted by Crippen LogP contribution is -2.50. The number of aliphatic carboxylic acids is 1. The lowest BCUT2D eigenvalue weighted by atomic mass is 9.98. The van der Waals surface area contributed by atoms with Gasteiger partial charge in [-0.05, 0) is 42.5 Å². The second-order valence-corrected chi connectivity index (χ2v) is 8.18. The number of carboxylic acid groups (broad SMARTS) is 1. The van der Waals surface area contributed by atoms with Gasteiger partial charge >= 0.3 is 12.1 Å². The first-order chi connectivity index (χ1) is 15.8. The van der Waals surface area contributed by atoms with Crippen LogP contribution in [0.2, 0.25) is 0 Å². The number of benzene rings is 2. The molecule has 2 aromatic carbocycles. The van der Waals surface area contributed by atoms with Gasteiger partial charge in [0.15, 0.2) is 0 Å². The predicted octanol–water partition coefficient (Wildman–Crippen LogP) is 2.99. The van der Waals surface area contributed by atoms with Crippen molar-refractivity contribution >= 4 is 18.0 Å². The van der Waals surface area contributed by atoms with E-state index in [0.717, 1.165) is 22.3 Å². The Morgan fingerprint density at radius 3 is 2.15 bits per heavy atom. The standard InChI is InChI=1S/C25H30N2O6/c1-3-27(14-16(2)28)24(31)22(12-13-23(29)30)26-25(32)33-15-21-19-10-6-4-8-17(19)18-9-5-7-11-20(18)21/h4-11,16,21-22,28H,3,12-15H2,1-2H3,(H,26,32)(H,29,30). The number of hydrogen-bond donors (Lipinski definition) is 3. The number of aliphatic hydroxyl groups is 1. The third-order valence-corrected chi connectivity index (χ3v) is 5.76. The molecular weight excluding hydrogens is 424 g/mol. The SMILES string of the molecule is CCN(CC(C)O)C(=O)C(CCC(=O)O)NC(=O)OCC1c2ccccc2-c2ccccc21. The topological polar surface area (TPSA) is 116 Å². The van der Waals surface area contributed by atoms with Crippen molar-refractivity contribution in [1.29, 1.82) is 0 Å². The summed E-state index contributed by atoms with van der Waals surface area (Å²) in [5, 5.41) is 21.2. The highest BCUT2D eigenvalue weighted by molar-refractivity contribution is 5.86. The van der Waals surface area contributed by atoms with Crippen molar-refractivity contribution in [2.45, 2.75) is 44.8 Å². The number of nitrogens with zero attached hydrogens (tertiary/aromatic N) is 1. The summed E-state index contributed by atoms with van der Waals surface area (Å²) < 4.78 is 5.50. The number of fused-ring (bicyclic) bond motifs is 3. The first-order valence-corrected chi connectivity index (χ1v) is 11.1. The van der Waals surface area contributed by atoms with E-state index in [0.29, 0.717) is 6.54 Å². The van der Waals surface area contributed by atoms with Crippen LogP contribution in [0.25, 0.3) is 11.1 Å². The van der Waals surface area contributed by atoms with E-state index in [4.69, 9.17) is 9.84 Å². The number of hydrogen-bond acceptors (Lipinski definition) is 5. The Bertz CT molecular complexity index is 960. The predicted molar refractivity (Wildman–Crippen MR) is 123 cm³/mol. The number of rotatable bonds is 10.